The molecule has 10 rings (SSSR count). The van der Waals surface area contributed by atoms with Crippen LogP contribution in [0.5, 0.6) is 0 Å². The summed E-state index contributed by atoms with van der Waals surface area (Å²) in [5.41, 5.74) is 12.1. The summed E-state index contributed by atoms with van der Waals surface area (Å²) >= 11 is 1.83. The van der Waals surface area contributed by atoms with Crippen LogP contribution in [-0.4, -0.2) is 9.97 Å². The van der Waals surface area contributed by atoms with Crippen LogP contribution >= 0.6 is 11.3 Å². The van der Waals surface area contributed by atoms with Crippen LogP contribution in [0.4, 0.5) is 0 Å². The van der Waals surface area contributed by atoms with Crippen molar-refractivity contribution in [1.29, 1.82) is 0 Å². The van der Waals surface area contributed by atoms with Crippen molar-refractivity contribution in [3.05, 3.63) is 204 Å². The average molecular weight is 655 g/mol. The molecular formula is C47H30N2S. The van der Waals surface area contributed by atoms with E-state index in [2.05, 4.69) is 164 Å². The lowest BCUT2D eigenvalue weighted by Gasteiger charge is -2.34. The van der Waals surface area contributed by atoms with Crippen LogP contribution in [0.3, 0.4) is 0 Å². The predicted octanol–water partition coefficient (Wildman–Crippen LogP) is 12.2. The summed E-state index contributed by atoms with van der Waals surface area (Å²) in [6.45, 7) is 0. The van der Waals surface area contributed by atoms with Gasteiger partial charge in [-0.1, -0.05) is 152 Å². The van der Waals surface area contributed by atoms with Crippen molar-refractivity contribution in [2.45, 2.75) is 5.41 Å². The van der Waals surface area contributed by atoms with E-state index in [4.69, 9.17) is 9.97 Å². The highest BCUT2D eigenvalue weighted by Crippen LogP contribution is 2.56. The molecule has 0 atom stereocenters. The molecule has 2 aromatic heterocycles. The minimum absolute atomic E-state index is 0.479. The van der Waals surface area contributed by atoms with Crippen LogP contribution in [0.1, 0.15) is 22.3 Å². The van der Waals surface area contributed by atoms with E-state index >= 15 is 0 Å². The Morgan fingerprint density at radius 2 is 0.940 bits per heavy atom. The molecule has 1 aliphatic rings. The molecule has 0 saturated heterocycles. The predicted molar refractivity (Wildman–Crippen MR) is 209 cm³/mol. The van der Waals surface area contributed by atoms with E-state index in [1.54, 1.807) is 0 Å². The summed E-state index contributed by atoms with van der Waals surface area (Å²) in [7, 11) is 0. The van der Waals surface area contributed by atoms with Crippen molar-refractivity contribution < 1.29 is 0 Å². The van der Waals surface area contributed by atoms with Crippen molar-refractivity contribution >= 4 is 31.5 Å². The lowest BCUT2D eigenvalue weighted by molar-refractivity contribution is 0.768. The summed E-state index contributed by atoms with van der Waals surface area (Å²) in [4.78, 5) is 10.4. The number of hydrogen-bond donors (Lipinski definition) is 0. The van der Waals surface area contributed by atoms with Crippen molar-refractivity contribution in [1.82, 2.24) is 9.97 Å². The highest BCUT2D eigenvalue weighted by atomic mass is 32.1. The van der Waals surface area contributed by atoms with Crippen LogP contribution < -0.4 is 0 Å². The Bertz CT molecular complexity index is 2660. The van der Waals surface area contributed by atoms with Gasteiger partial charge in [-0.15, -0.1) is 11.3 Å². The van der Waals surface area contributed by atoms with E-state index in [0.29, 0.717) is 5.82 Å². The second kappa shape index (κ2) is 11.5. The van der Waals surface area contributed by atoms with Gasteiger partial charge >= 0.3 is 0 Å². The molecule has 0 N–H and O–H groups in total. The van der Waals surface area contributed by atoms with Crippen LogP contribution in [0.15, 0.2) is 182 Å². The zero-order valence-electron chi connectivity index (χ0n) is 27.1. The number of rotatable bonds is 5. The monoisotopic (exact) mass is 654 g/mol. The molecule has 0 bridgehead atoms. The standard InChI is InChI=1S/C47H30N2S/c1-3-14-31(15-4-1)46-48-42(30-43(49-46)33-26-27-45-39(29-33)38-22-9-12-25-44(38)50-45)32-16-13-19-35(28-32)47(34-17-5-2-6-18-34)40-23-10-7-20-36(40)37-21-8-11-24-41(37)47/h1-30H. The minimum Gasteiger partial charge on any atom is -0.228 e. The van der Waals surface area contributed by atoms with E-state index in [1.807, 2.05) is 29.5 Å². The molecular weight excluding hydrogens is 625 g/mol. The van der Waals surface area contributed by atoms with Gasteiger partial charge in [0, 0.05) is 36.9 Å². The van der Waals surface area contributed by atoms with Crippen LogP contribution in [0.25, 0.3) is 65.2 Å². The number of hydrogen-bond acceptors (Lipinski definition) is 3. The molecule has 0 radical (unpaired) electrons. The molecule has 2 nitrogen and oxygen atoms in total. The fourth-order valence-electron chi connectivity index (χ4n) is 7.97. The first-order valence-corrected chi connectivity index (χ1v) is 17.8. The summed E-state index contributed by atoms with van der Waals surface area (Å²) in [5.74, 6) is 0.716. The topological polar surface area (TPSA) is 25.8 Å². The third-order valence-corrected chi connectivity index (χ3v) is 11.3. The first-order valence-electron chi connectivity index (χ1n) is 17.0. The van der Waals surface area contributed by atoms with Gasteiger partial charge in [0.2, 0.25) is 0 Å². The zero-order chi connectivity index (χ0) is 33.1. The lowest BCUT2D eigenvalue weighted by atomic mass is 9.67. The highest BCUT2D eigenvalue weighted by Gasteiger charge is 2.45. The molecule has 234 valence electrons. The van der Waals surface area contributed by atoms with Gasteiger partial charge in [-0.05, 0) is 63.7 Å². The maximum atomic E-state index is 5.24. The van der Waals surface area contributed by atoms with Crippen LogP contribution in [0, 0.1) is 0 Å². The van der Waals surface area contributed by atoms with Crippen molar-refractivity contribution in [3.8, 4) is 45.0 Å². The average Bonchev–Trinajstić information content (AvgIpc) is 3.72. The van der Waals surface area contributed by atoms with E-state index < -0.39 is 5.41 Å². The Morgan fingerprint density at radius 3 is 1.68 bits per heavy atom. The molecule has 9 aromatic rings. The number of thiophene rings is 1. The summed E-state index contributed by atoms with van der Waals surface area (Å²) < 4.78 is 2.58. The molecule has 1 aliphatic carbocycles. The van der Waals surface area contributed by atoms with Crippen molar-refractivity contribution in [2.75, 3.05) is 0 Å². The lowest BCUT2D eigenvalue weighted by Crippen LogP contribution is -2.28. The molecule has 50 heavy (non-hydrogen) atoms. The number of fused-ring (bicyclic) bond motifs is 6. The SMILES string of the molecule is c1ccc(-c2nc(-c3cccc(C4(c5ccccc5)c5ccccc5-c5ccccc54)c3)cc(-c3ccc4sc5ccccc5c4c3)n2)cc1. The Morgan fingerprint density at radius 1 is 0.380 bits per heavy atom. The van der Waals surface area contributed by atoms with Gasteiger partial charge < -0.3 is 0 Å². The third-order valence-electron chi connectivity index (χ3n) is 10.2. The number of aromatic nitrogens is 2. The number of benzene rings is 7. The molecule has 2 heterocycles. The fraction of sp³-hybridized carbons (Fsp3) is 0.0213. The van der Waals surface area contributed by atoms with Gasteiger partial charge in [-0.3, -0.25) is 0 Å². The first-order chi connectivity index (χ1) is 24.8. The fourth-order valence-corrected chi connectivity index (χ4v) is 9.05. The molecule has 0 fully saturated rings. The Kier molecular flexibility index (Phi) is 6.61. The molecule has 7 aromatic carbocycles. The van der Waals surface area contributed by atoms with Gasteiger partial charge in [0.25, 0.3) is 0 Å². The molecule has 0 amide bonds. The van der Waals surface area contributed by atoms with Crippen molar-refractivity contribution in [2.24, 2.45) is 0 Å². The Labute approximate surface area is 295 Å². The highest BCUT2D eigenvalue weighted by molar-refractivity contribution is 7.25. The van der Waals surface area contributed by atoms with E-state index in [-0.39, 0.29) is 0 Å². The third kappa shape index (κ3) is 4.41. The van der Waals surface area contributed by atoms with E-state index in [9.17, 15) is 0 Å². The Balaban J connectivity index is 1.20. The van der Waals surface area contributed by atoms with Crippen molar-refractivity contribution in [3.63, 3.8) is 0 Å². The van der Waals surface area contributed by atoms with Crippen LogP contribution in [-0.2, 0) is 5.41 Å². The summed E-state index contributed by atoms with van der Waals surface area (Å²) in [6, 6.07) is 65.6. The zero-order valence-corrected chi connectivity index (χ0v) is 27.9. The smallest absolute Gasteiger partial charge is 0.160 e. The van der Waals surface area contributed by atoms with Crippen LogP contribution in [0.2, 0.25) is 0 Å². The number of nitrogens with zero attached hydrogens (tertiary/aromatic N) is 2. The van der Waals surface area contributed by atoms with Gasteiger partial charge in [0.15, 0.2) is 5.82 Å². The molecule has 0 unspecified atom stereocenters. The maximum Gasteiger partial charge on any atom is 0.160 e. The quantitative estimate of drug-likeness (QED) is 0.185. The molecule has 0 saturated carbocycles. The Hall–Kier alpha value is -6.16. The summed E-state index contributed by atoms with van der Waals surface area (Å²) in [6.07, 6.45) is 0. The van der Waals surface area contributed by atoms with Gasteiger partial charge in [0.1, 0.15) is 0 Å². The maximum absolute atomic E-state index is 5.24. The summed E-state index contributed by atoms with van der Waals surface area (Å²) in [5, 5.41) is 2.54. The largest absolute Gasteiger partial charge is 0.228 e. The molecule has 0 spiro atoms. The van der Waals surface area contributed by atoms with E-state index in [0.717, 1.165) is 28.1 Å². The second-order valence-electron chi connectivity index (χ2n) is 12.9. The second-order valence-corrected chi connectivity index (χ2v) is 14.0. The normalized spacial score (nSPS) is 13.0. The first kappa shape index (κ1) is 28.8. The van der Waals surface area contributed by atoms with Gasteiger partial charge in [-0.2, -0.15) is 0 Å². The minimum atomic E-state index is -0.479. The molecule has 0 aliphatic heterocycles. The molecule has 3 heteroatoms. The van der Waals surface area contributed by atoms with Gasteiger partial charge in [-0.25, -0.2) is 9.97 Å². The van der Waals surface area contributed by atoms with E-state index in [1.165, 1.54) is 53.6 Å². The van der Waals surface area contributed by atoms with Gasteiger partial charge in [0.05, 0.1) is 16.8 Å².